The molecule has 0 unspecified atom stereocenters. The van der Waals surface area contributed by atoms with Gasteiger partial charge in [0, 0.05) is 12.6 Å². The maximum absolute atomic E-state index is 12.4. The van der Waals surface area contributed by atoms with Crippen LogP contribution in [0.2, 0.25) is 0 Å². The van der Waals surface area contributed by atoms with E-state index in [4.69, 9.17) is 10.5 Å². The number of anilines is 1. The number of rotatable bonds is 7. The summed E-state index contributed by atoms with van der Waals surface area (Å²) in [5.74, 6) is 0.776. The van der Waals surface area contributed by atoms with Crippen LogP contribution in [-0.2, 0) is 4.79 Å². The molecule has 1 aliphatic carbocycles. The molecular weight excluding hydrogens is 264 g/mol. The van der Waals surface area contributed by atoms with Crippen LogP contribution in [0.5, 0.6) is 5.75 Å². The topological polar surface area (TPSA) is 55.6 Å². The summed E-state index contributed by atoms with van der Waals surface area (Å²) in [4.78, 5) is 14.3. The lowest BCUT2D eigenvalue weighted by Gasteiger charge is -2.28. The summed E-state index contributed by atoms with van der Waals surface area (Å²) in [6.45, 7) is 4.73. The molecule has 1 fully saturated rings. The lowest BCUT2D eigenvalue weighted by molar-refractivity contribution is -0.133. The second-order valence-electron chi connectivity index (χ2n) is 5.41. The largest absolute Gasteiger partial charge is 0.491 e. The van der Waals surface area contributed by atoms with Crippen molar-refractivity contribution in [2.24, 2.45) is 0 Å². The van der Waals surface area contributed by atoms with E-state index in [0.29, 0.717) is 37.1 Å². The molecule has 1 saturated carbocycles. The van der Waals surface area contributed by atoms with Crippen molar-refractivity contribution in [3.63, 3.8) is 0 Å². The number of hydrogen-bond donors (Lipinski definition) is 1. The van der Waals surface area contributed by atoms with Crippen molar-refractivity contribution in [3.8, 4) is 5.75 Å². The SMILES string of the molecule is C=CCN(C(=O)CCOc1ccccc1N)C1CCCC1. The van der Waals surface area contributed by atoms with Gasteiger partial charge in [0.05, 0.1) is 18.7 Å². The van der Waals surface area contributed by atoms with Crippen LogP contribution in [0.4, 0.5) is 5.69 Å². The maximum atomic E-state index is 12.4. The highest BCUT2D eigenvalue weighted by Crippen LogP contribution is 2.24. The first kappa shape index (κ1) is 15.4. The lowest BCUT2D eigenvalue weighted by atomic mass is 10.2. The van der Waals surface area contributed by atoms with Gasteiger partial charge in [0.1, 0.15) is 5.75 Å². The molecule has 2 N–H and O–H groups in total. The maximum Gasteiger partial charge on any atom is 0.226 e. The number of ether oxygens (including phenoxy) is 1. The predicted octanol–water partition coefficient (Wildman–Crippen LogP) is 2.99. The Morgan fingerprint density at radius 3 is 2.76 bits per heavy atom. The Kier molecular flexibility index (Phi) is 5.67. The zero-order valence-corrected chi connectivity index (χ0v) is 12.5. The highest BCUT2D eigenvalue weighted by molar-refractivity contribution is 5.77. The third-order valence-corrected chi connectivity index (χ3v) is 3.90. The molecule has 0 bridgehead atoms. The van der Waals surface area contributed by atoms with Gasteiger partial charge in [0.25, 0.3) is 0 Å². The standard InChI is InChI=1S/C17H24N2O2/c1-2-12-19(14-7-3-4-8-14)17(20)11-13-21-16-10-6-5-9-15(16)18/h2,5-6,9-10,14H,1,3-4,7-8,11-13,18H2. The monoisotopic (exact) mass is 288 g/mol. The van der Waals surface area contributed by atoms with Crippen molar-refractivity contribution in [1.82, 2.24) is 4.90 Å². The van der Waals surface area contributed by atoms with Gasteiger partial charge in [-0.05, 0) is 25.0 Å². The highest BCUT2D eigenvalue weighted by Gasteiger charge is 2.25. The smallest absolute Gasteiger partial charge is 0.226 e. The molecule has 4 heteroatoms. The van der Waals surface area contributed by atoms with E-state index in [1.54, 1.807) is 12.1 Å². The highest BCUT2D eigenvalue weighted by atomic mass is 16.5. The summed E-state index contributed by atoms with van der Waals surface area (Å²) < 4.78 is 5.60. The molecule has 2 rings (SSSR count). The van der Waals surface area contributed by atoms with E-state index in [-0.39, 0.29) is 5.91 Å². The van der Waals surface area contributed by atoms with E-state index in [1.807, 2.05) is 23.1 Å². The van der Waals surface area contributed by atoms with Crippen LogP contribution < -0.4 is 10.5 Å². The van der Waals surface area contributed by atoms with Crippen molar-refractivity contribution in [1.29, 1.82) is 0 Å². The number of carbonyl (C=O) groups excluding carboxylic acids is 1. The van der Waals surface area contributed by atoms with Crippen LogP contribution in [0.25, 0.3) is 0 Å². The third kappa shape index (κ3) is 4.25. The fourth-order valence-corrected chi connectivity index (χ4v) is 2.81. The molecule has 114 valence electrons. The average molecular weight is 288 g/mol. The number of nitrogens with zero attached hydrogens (tertiary/aromatic N) is 1. The Hall–Kier alpha value is -1.97. The Balaban J connectivity index is 1.84. The van der Waals surface area contributed by atoms with Crippen molar-refractivity contribution in [3.05, 3.63) is 36.9 Å². The molecule has 0 aromatic heterocycles. The van der Waals surface area contributed by atoms with Gasteiger partial charge in [0.15, 0.2) is 0 Å². The Morgan fingerprint density at radius 1 is 1.38 bits per heavy atom. The number of benzene rings is 1. The minimum absolute atomic E-state index is 0.135. The van der Waals surface area contributed by atoms with Crippen molar-refractivity contribution >= 4 is 11.6 Å². The number of amides is 1. The minimum atomic E-state index is 0.135. The zero-order chi connectivity index (χ0) is 15.1. The normalized spacial score (nSPS) is 14.9. The molecule has 0 aliphatic heterocycles. The first-order valence-electron chi connectivity index (χ1n) is 7.60. The summed E-state index contributed by atoms with van der Waals surface area (Å²) in [5, 5.41) is 0. The molecule has 0 radical (unpaired) electrons. The van der Waals surface area contributed by atoms with Gasteiger partial charge in [0.2, 0.25) is 5.91 Å². The van der Waals surface area contributed by atoms with E-state index in [1.165, 1.54) is 12.8 Å². The van der Waals surface area contributed by atoms with Crippen LogP contribution in [0.3, 0.4) is 0 Å². The molecule has 1 aromatic carbocycles. The number of nitrogens with two attached hydrogens (primary N) is 1. The molecule has 1 aromatic rings. The zero-order valence-electron chi connectivity index (χ0n) is 12.5. The number of carbonyl (C=O) groups is 1. The first-order chi connectivity index (χ1) is 10.2. The molecule has 21 heavy (non-hydrogen) atoms. The summed E-state index contributed by atoms with van der Waals surface area (Å²) in [6.07, 6.45) is 6.80. The Bertz CT molecular complexity index is 481. The first-order valence-corrected chi connectivity index (χ1v) is 7.60. The molecule has 0 atom stereocenters. The molecule has 0 spiro atoms. The van der Waals surface area contributed by atoms with Gasteiger partial charge in [-0.2, -0.15) is 0 Å². The van der Waals surface area contributed by atoms with Gasteiger partial charge in [-0.1, -0.05) is 31.1 Å². The van der Waals surface area contributed by atoms with Crippen LogP contribution >= 0.6 is 0 Å². The van der Waals surface area contributed by atoms with E-state index in [2.05, 4.69) is 6.58 Å². The van der Waals surface area contributed by atoms with Gasteiger partial charge >= 0.3 is 0 Å². The fourth-order valence-electron chi connectivity index (χ4n) is 2.81. The Labute approximate surface area is 126 Å². The van der Waals surface area contributed by atoms with E-state index < -0.39 is 0 Å². The molecule has 0 saturated heterocycles. The van der Waals surface area contributed by atoms with Crippen molar-refractivity contribution in [2.75, 3.05) is 18.9 Å². The van der Waals surface area contributed by atoms with Crippen LogP contribution in [0, 0.1) is 0 Å². The van der Waals surface area contributed by atoms with Crippen LogP contribution in [-0.4, -0.2) is 30.0 Å². The lowest BCUT2D eigenvalue weighted by Crippen LogP contribution is -2.39. The van der Waals surface area contributed by atoms with E-state index >= 15 is 0 Å². The average Bonchev–Trinajstić information content (AvgIpc) is 3.00. The van der Waals surface area contributed by atoms with Gasteiger partial charge in [-0.15, -0.1) is 6.58 Å². The quantitative estimate of drug-likeness (QED) is 0.620. The second-order valence-corrected chi connectivity index (χ2v) is 5.41. The second kappa shape index (κ2) is 7.72. The van der Waals surface area contributed by atoms with Gasteiger partial charge < -0.3 is 15.4 Å². The van der Waals surface area contributed by atoms with E-state index in [9.17, 15) is 4.79 Å². The Morgan fingerprint density at radius 2 is 2.10 bits per heavy atom. The molecule has 4 nitrogen and oxygen atoms in total. The molecular formula is C17H24N2O2. The summed E-state index contributed by atoms with van der Waals surface area (Å²) in [5.41, 5.74) is 6.41. The predicted molar refractivity (Wildman–Crippen MR) is 85.1 cm³/mol. The van der Waals surface area contributed by atoms with Crippen LogP contribution in [0.1, 0.15) is 32.1 Å². The van der Waals surface area contributed by atoms with Gasteiger partial charge in [-0.3, -0.25) is 4.79 Å². The summed E-state index contributed by atoms with van der Waals surface area (Å²) in [7, 11) is 0. The molecule has 1 aliphatic rings. The van der Waals surface area contributed by atoms with Crippen LogP contribution in [0.15, 0.2) is 36.9 Å². The van der Waals surface area contributed by atoms with Gasteiger partial charge in [-0.25, -0.2) is 0 Å². The number of para-hydroxylation sites is 2. The van der Waals surface area contributed by atoms with E-state index in [0.717, 1.165) is 12.8 Å². The summed E-state index contributed by atoms with van der Waals surface area (Å²) in [6, 6.07) is 7.71. The molecule has 0 heterocycles. The minimum Gasteiger partial charge on any atom is -0.491 e. The molecule has 1 amide bonds. The van der Waals surface area contributed by atoms with Crippen molar-refractivity contribution in [2.45, 2.75) is 38.1 Å². The third-order valence-electron chi connectivity index (χ3n) is 3.90. The fraction of sp³-hybridized carbons (Fsp3) is 0.471. The number of nitrogen functional groups attached to an aromatic ring is 1. The summed E-state index contributed by atoms with van der Waals surface area (Å²) >= 11 is 0. The number of hydrogen-bond acceptors (Lipinski definition) is 3. The van der Waals surface area contributed by atoms with Crippen molar-refractivity contribution < 1.29 is 9.53 Å².